The van der Waals surface area contributed by atoms with E-state index in [1.165, 1.54) is 13.2 Å². The Balaban J connectivity index is 2.29. The Hall–Kier alpha value is -3.14. The summed E-state index contributed by atoms with van der Waals surface area (Å²) in [4.78, 5) is 27.0. The Kier molecular flexibility index (Phi) is 8.60. The van der Waals surface area contributed by atoms with Gasteiger partial charge in [0.25, 0.3) is 0 Å². The predicted octanol–water partition coefficient (Wildman–Crippen LogP) is 2.60. The van der Waals surface area contributed by atoms with Gasteiger partial charge in [-0.15, -0.1) is 0 Å². The summed E-state index contributed by atoms with van der Waals surface area (Å²) in [7, 11) is 1.27. The summed E-state index contributed by atoms with van der Waals surface area (Å²) < 4.78 is 10.0. The zero-order valence-corrected chi connectivity index (χ0v) is 17.6. The third kappa shape index (κ3) is 5.47. The molecule has 0 aliphatic heterocycles. The molecule has 0 aliphatic rings. The zero-order valence-electron chi connectivity index (χ0n) is 17.6. The standard InChI is InChI=1S/C24H27NO5/c1-4-25(5-2)16-9-10-17-30-23(27)24(28,20-13-7-6-8-14-20)21-15-11-12-19(18-21)22(26)29-3/h6-8,11-15,18,28H,4-5,16-17H2,1-3H3. The first-order valence-corrected chi connectivity index (χ1v) is 9.79. The van der Waals surface area contributed by atoms with E-state index in [1.54, 1.807) is 48.5 Å². The van der Waals surface area contributed by atoms with E-state index in [0.29, 0.717) is 12.1 Å². The highest BCUT2D eigenvalue weighted by Gasteiger charge is 2.42. The Labute approximate surface area is 177 Å². The Morgan fingerprint density at radius 1 is 1.00 bits per heavy atom. The Morgan fingerprint density at radius 3 is 2.30 bits per heavy atom. The number of ether oxygens (including phenoxy) is 2. The molecule has 0 fully saturated rings. The number of carbonyl (C=O) groups is 2. The van der Waals surface area contributed by atoms with Gasteiger partial charge in [0.15, 0.2) is 6.61 Å². The van der Waals surface area contributed by atoms with Gasteiger partial charge in [-0.2, -0.15) is 0 Å². The lowest BCUT2D eigenvalue weighted by molar-refractivity contribution is -0.160. The molecule has 2 aromatic carbocycles. The fraction of sp³-hybridized carbons (Fsp3) is 0.333. The van der Waals surface area contributed by atoms with E-state index >= 15 is 0 Å². The van der Waals surface area contributed by atoms with E-state index in [2.05, 4.69) is 16.7 Å². The number of hydrogen-bond donors (Lipinski definition) is 1. The fourth-order valence-electron chi connectivity index (χ4n) is 2.94. The second-order valence-electron chi connectivity index (χ2n) is 6.54. The fourth-order valence-corrected chi connectivity index (χ4v) is 2.94. The minimum atomic E-state index is -2.09. The monoisotopic (exact) mass is 409 g/mol. The topological polar surface area (TPSA) is 76.1 Å². The average Bonchev–Trinajstić information content (AvgIpc) is 2.80. The van der Waals surface area contributed by atoms with Crippen molar-refractivity contribution in [2.24, 2.45) is 0 Å². The molecule has 0 heterocycles. The number of aliphatic hydroxyl groups is 1. The molecule has 0 saturated heterocycles. The van der Waals surface area contributed by atoms with Crippen LogP contribution in [0.25, 0.3) is 0 Å². The molecule has 1 atom stereocenters. The Morgan fingerprint density at radius 2 is 1.67 bits per heavy atom. The summed E-state index contributed by atoms with van der Waals surface area (Å²) >= 11 is 0. The van der Waals surface area contributed by atoms with Crippen molar-refractivity contribution in [3.8, 4) is 11.8 Å². The molecular weight excluding hydrogens is 382 g/mol. The maximum atomic E-state index is 13.0. The van der Waals surface area contributed by atoms with Crippen LogP contribution in [0.5, 0.6) is 0 Å². The number of nitrogens with zero attached hydrogens (tertiary/aromatic N) is 1. The van der Waals surface area contributed by atoms with Crippen LogP contribution in [-0.2, 0) is 19.9 Å². The van der Waals surface area contributed by atoms with E-state index < -0.39 is 17.5 Å². The van der Waals surface area contributed by atoms with Crippen molar-refractivity contribution >= 4 is 11.9 Å². The molecule has 6 nitrogen and oxygen atoms in total. The first-order valence-electron chi connectivity index (χ1n) is 9.79. The van der Waals surface area contributed by atoms with Gasteiger partial charge in [0.1, 0.15) is 0 Å². The maximum absolute atomic E-state index is 13.0. The lowest BCUT2D eigenvalue weighted by Crippen LogP contribution is -2.39. The van der Waals surface area contributed by atoms with E-state index in [0.717, 1.165) is 13.1 Å². The molecule has 0 aromatic heterocycles. The lowest BCUT2D eigenvalue weighted by Gasteiger charge is -2.27. The quantitative estimate of drug-likeness (QED) is 0.534. The first kappa shape index (κ1) is 23.1. The molecule has 0 saturated carbocycles. The average molecular weight is 409 g/mol. The molecule has 0 radical (unpaired) electrons. The molecule has 0 spiro atoms. The van der Waals surface area contributed by atoms with Gasteiger partial charge in [0.2, 0.25) is 5.60 Å². The van der Waals surface area contributed by atoms with Gasteiger partial charge in [-0.1, -0.05) is 68.2 Å². The van der Waals surface area contributed by atoms with Crippen molar-refractivity contribution < 1.29 is 24.2 Å². The third-order valence-corrected chi connectivity index (χ3v) is 4.79. The van der Waals surface area contributed by atoms with E-state index in [4.69, 9.17) is 9.47 Å². The van der Waals surface area contributed by atoms with Gasteiger partial charge in [0, 0.05) is 5.56 Å². The molecule has 158 valence electrons. The van der Waals surface area contributed by atoms with Crippen molar-refractivity contribution in [2.75, 3.05) is 33.4 Å². The molecule has 6 heteroatoms. The molecule has 0 aliphatic carbocycles. The van der Waals surface area contributed by atoms with Gasteiger partial charge in [-0.05, 0) is 30.8 Å². The summed E-state index contributed by atoms with van der Waals surface area (Å²) in [6.07, 6.45) is 0. The third-order valence-electron chi connectivity index (χ3n) is 4.79. The van der Waals surface area contributed by atoms with Gasteiger partial charge in [-0.3, -0.25) is 4.90 Å². The van der Waals surface area contributed by atoms with Crippen LogP contribution in [0.4, 0.5) is 0 Å². The molecule has 2 rings (SSSR count). The molecule has 0 bridgehead atoms. The maximum Gasteiger partial charge on any atom is 0.348 e. The smallest absolute Gasteiger partial charge is 0.348 e. The van der Waals surface area contributed by atoms with E-state index in [1.807, 2.05) is 13.8 Å². The zero-order chi connectivity index (χ0) is 22.0. The van der Waals surface area contributed by atoms with Crippen LogP contribution in [0, 0.1) is 11.8 Å². The van der Waals surface area contributed by atoms with Crippen LogP contribution in [0.2, 0.25) is 0 Å². The van der Waals surface area contributed by atoms with Gasteiger partial charge in [0.05, 0.1) is 19.2 Å². The summed E-state index contributed by atoms with van der Waals surface area (Å²) in [5.74, 6) is 4.34. The molecule has 0 amide bonds. The van der Waals surface area contributed by atoms with Gasteiger partial charge < -0.3 is 14.6 Å². The summed E-state index contributed by atoms with van der Waals surface area (Å²) in [6, 6.07) is 14.6. The van der Waals surface area contributed by atoms with E-state index in [9.17, 15) is 14.7 Å². The lowest BCUT2D eigenvalue weighted by atomic mass is 9.85. The minimum absolute atomic E-state index is 0.147. The highest BCUT2D eigenvalue weighted by atomic mass is 16.5. The predicted molar refractivity (Wildman–Crippen MR) is 114 cm³/mol. The first-order chi connectivity index (χ1) is 14.5. The van der Waals surface area contributed by atoms with Crippen molar-refractivity contribution in [1.29, 1.82) is 0 Å². The second-order valence-corrected chi connectivity index (χ2v) is 6.54. The van der Waals surface area contributed by atoms with Gasteiger partial charge >= 0.3 is 11.9 Å². The highest BCUT2D eigenvalue weighted by Crippen LogP contribution is 2.31. The number of esters is 2. The van der Waals surface area contributed by atoms with Crippen LogP contribution in [-0.4, -0.2) is 55.3 Å². The van der Waals surface area contributed by atoms with Crippen LogP contribution in [0.3, 0.4) is 0 Å². The summed E-state index contributed by atoms with van der Waals surface area (Å²) in [5, 5.41) is 11.4. The summed E-state index contributed by atoms with van der Waals surface area (Å²) in [6.45, 7) is 6.30. The number of methoxy groups -OCH3 is 1. The molecule has 30 heavy (non-hydrogen) atoms. The second kappa shape index (κ2) is 11.1. The highest BCUT2D eigenvalue weighted by molar-refractivity contribution is 5.91. The molecule has 1 unspecified atom stereocenters. The number of benzene rings is 2. The van der Waals surface area contributed by atoms with Crippen LogP contribution in [0.15, 0.2) is 54.6 Å². The van der Waals surface area contributed by atoms with Crippen molar-refractivity contribution in [1.82, 2.24) is 4.90 Å². The van der Waals surface area contributed by atoms with Crippen molar-refractivity contribution in [3.63, 3.8) is 0 Å². The molecule has 1 N–H and O–H groups in total. The SMILES string of the molecule is CCN(CC)CC#CCOC(=O)C(O)(c1ccccc1)c1cccc(C(=O)OC)c1. The molecule has 2 aromatic rings. The summed E-state index contributed by atoms with van der Waals surface area (Å²) in [5.41, 5.74) is -1.34. The van der Waals surface area contributed by atoms with Crippen LogP contribution < -0.4 is 0 Å². The normalized spacial score (nSPS) is 12.4. The minimum Gasteiger partial charge on any atom is -0.465 e. The van der Waals surface area contributed by atoms with Gasteiger partial charge in [-0.25, -0.2) is 9.59 Å². The number of rotatable bonds is 8. The van der Waals surface area contributed by atoms with Crippen molar-refractivity contribution in [3.05, 3.63) is 71.3 Å². The Bertz CT molecular complexity index is 912. The van der Waals surface area contributed by atoms with E-state index in [-0.39, 0.29) is 17.7 Å². The molecular formula is C24H27NO5. The van der Waals surface area contributed by atoms with Crippen LogP contribution >= 0.6 is 0 Å². The van der Waals surface area contributed by atoms with Crippen molar-refractivity contribution in [2.45, 2.75) is 19.4 Å². The largest absolute Gasteiger partial charge is 0.465 e. The number of carbonyl (C=O) groups excluding carboxylic acids is 2. The van der Waals surface area contributed by atoms with Crippen LogP contribution in [0.1, 0.15) is 35.3 Å². The number of hydrogen-bond acceptors (Lipinski definition) is 6.